The van der Waals surface area contributed by atoms with Gasteiger partial charge < -0.3 is 10.9 Å². The Morgan fingerprint density at radius 1 is 1.83 bits per heavy atom. The third-order valence-corrected chi connectivity index (χ3v) is 0.329. The Labute approximate surface area is 40.8 Å². The maximum Gasteiger partial charge on any atom is 0.284 e. The van der Waals surface area contributed by atoms with Crippen molar-refractivity contribution in [3.05, 3.63) is 17.6 Å². The lowest BCUT2D eigenvalue weighted by molar-refractivity contribution is -0.343. The predicted molar refractivity (Wildman–Crippen MR) is 24.3 cm³/mol. The summed E-state index contributed by atoms with van der Waals surface area (Å²) in [6.07, 6.45) is 2.12. The van der Waals surface area contributed by atoms with E-state index in [1.807, 2.05) is 0 Å². The van der Waals surface area contributed by atoms with Gasteiger partial charge in [0.2, 0.25) is 6.20 Å². The van der Waals surface area contributed by atoms with Crippen molar-refractivity contribution < 1.29 is 4.11 Å². The minimum absolute atomic E-state index is 0.208. The van der Waals surface area contributed by atoms with E-state index in [2.05, 4.69) is 12.4 Å². The Morgan fingerprint density at radius 2 is 2.33 bits per heavy atom. The molecule has 0 aromatic heterocycles. The van der Waals surface area contributed by atoms with Crippen LogP contribution in [0.5, 0.6) is 0 Å². The molecule has 0 amide bonds. The van der Waals surface area contributed by atoms with Crippen molar-refractivity contribution in [1.82, 2.24) is 0 Å². The standard InChI is InChI=1S/C2H4N2OS/c3-1-2-4(5)6/h1-2H,3H2. The lowest BCUT2D eigenvalue weighted by atomic mass is 11.0. The molecule has 0 saturated carbocycles. The molecule has 0 rings (SSSR count). The molecule has 0 spiro atoms. The van der Waals surface area contributed by atoms with Crippen LogP contribution < -0.4 is 5.73 Å². The second kappa shape index (κ2) is 2.59. The van der Waals surface area contributed by atoms with Crippen molar-refractivity contribution in [1.29, 1.82) is 0 Å². The molecule has 0 aromatic carbocycles. The summed E-state index contributed by atoms with van der Waals surface area (Å²) in [4.78, 5) is 0. The van der Waals surface area contributed by atoms with Crippen molar-refractivity contribution >= 4 is 12.4 Å². The lowest BCUT2D eigenvalue weighted by Gasteiger charge is -1.80. The predicted octanol–water partition coefficient (Wildman–Crippen LogP) is -0.343. The summed E-state index contributed by atoms with van der Waals surface area (Å²) in [5, 5.41) is 9.61. The quantitative estimate of drug-likeness (QED) is 0.365. The summed E-state index contributed by atoms with van der Waals surface area (Å²) in [5.74, 6) is 0. The Hall–Kier alpha value is -0.640. The monoisotopic (exact) mass is 104 g/mol. The molecular formula is C2H4N2OS. The molecule has 0 aliphatic heterocycles. The summed E-state index contributed by atoms with van der Waals surface area (Å²) in [6, 6.07) is 0. The van der Waals surface area contributed by atoms with Crippen LogP contribution in [0.4, 0.5) is 0 Å². The van der Waals surface area contributed by atoms with Gasteiger partial charge in [-0.1, -0.05) is 4.11 Å². The summed E-state index contributed by atoms with van der Waals surface area (Å²) in [5.41, 5.74) is 4.74. The first kappa shape index (κ1) is 5.36. The molecule has 0 aliphatic carbocycles. The van der Waals surface area contributed by atoms with Crippen LogP contribution in [0.25, 0.3) is 0 Å². The highest BCUT2D eigenvalue weighted by atomic mass is 32.1. The maximum absolute atomic E-state index is 9.61. The Bertz CT molecular complexity index is 79.6. The van der Waals surface area contributed by atoms with E-state index in [0.29, 0.717) is 0 Å². The topological polar surface area (TPSA) is 52.1 Å². The van der Waals surface area contributed by atoms with Gasteiger partial charge in [-0.15, -0.1) is 0 Å². The van der Waals surface area contributed by atoms with E-state index in [4.69, 9.17) is 5.73 Å². The van der Waals surface area contributed by atoms with E-state index in [1.165, 1.54) is 0 Å². The molecule has 4 heteroatoms. The lowest BCUT2D eigenvalue weighted by Crippen LogP contribution is -1.85. The minimum atomic E-state index is 0.208. The van der Waals surface area contributed by atoms with Gasteiger partial charge in [0.05, 0.1) is 6.20 Å². The van der Waals surface area contributed by atoms with Crippen LogP contribution >= 0.6 is 0 Å². The highest BCUT2D eigenvalue weighted by Gasteiger charge is 1.68. The van der Waals surface area contributed by atoms with Crippen LogP contribution in [-0.2, 0) is 12.4 Å². The average molecular weight is 104 g/mol. The maximum atomic E-state index is 9.61. The van der Waals surface area contributed by atoms with Gasteiger partial charge in [0, 0.05) is 0 Å². The molecule has 0 atom stereocenters. The Kier molecular flexibility index (Phi) is 2.31. The van der Waals surface area contributed by atoms with Gasteiger partial charge >= 0.3 is 0 Å². The molecule has 0 radical (unpaired) electrons. The smallest absolute Gasteiger partial charge is 0.284 e. The van der Waals surface area contributed by atoms with E-state index in [9.17, 15) is 5.21 Å². The number of hydrogen-bond donors (Lipinski definition) is 1. The van der Waals surface area contributed by atoms with E-state index >= 15 is 0 Å². The van der Waals surface area contributed by atoms with Crippen LogP contribution in [0.3, 0.4) is 0 Å². The average Bonchev–Trinajstić information content (AvgIpc) is 1.35. The SMILES string of the molecule is NC=C[N+]([O-])=S. The van der Waals surface area contributed by atoms with Gasteiger partial charge in [0.25, 0.3) is 12.4 Å². The van der Waals surface area contributed by atoms with Crippen molar-refractivity contribution in [2.45, 2.75) is 0 Å². The highest BCUT2D eigenvalue weighted by molar-refractivity contribution is 7.44. The number of hydroxylamine groups is 1. The van der Waals surface area contributed by atoms with Crippen molar-refractivity contribution in [2.75, 3.05) is 0 Å². The Morgan fingerprint density at radius 3 is 2.33 bits per heavy atom. The summed E-state index contributed by atoms with van der Waals surface area (Å²) in [6.45, 7) is 0. The molecular weight excluding hydrogens is 100 g/mol. The zero-order valence-corrected chi connectivity index (χ0v) is 3.81. The normalized spacial score (nSPS) is 9.33. The van der Waals surface area contributed by atoms with Gasteiger partial charge in [0.1, 0.15) is 0 Å². The fourth-order valence-corrected chi connectivity index (χ4v) is 0.141. The number of hydrogen-bond acceptors (Lipinski definition) is 3. The van der Waals surface area contributed by atoms with E-state index in [0.717, 1.165) is 12.4 Å². The largest absolute Gasteiger partial charge is 0.605 e. The second-order valence-electron chi connectivity index (χ2n) is 0.627. The molecule has 34 valence electrons. The van der Waals surface area contributed by atoms with Crippen molar-refractivity contribution in [3.8, 4) is 0 Å². The fraction of sp³-hybridized carbons (Fsp3) is 0. The molecule has 6 heavy (non-hydrogen) atoms. The molecule has 0 heterocycles. The van der Waals surface area contributed by atoms with Gasteiger partial charge in [-0.05, 0) is 0 Å². The third kappa shape index (κ3) is 3.36. The zero-order valence-electron chi connectivity index (χ0n) is 3.00. The van der Waals surface area contributed by atoms with Crippen LogP contribution in [0.1, 0.15) is 0 Å². The van der Waals surface area contributed by atoms with Crippen LogP contribution in [0.15, 0.2) is 12.4 Å². The highest BCUT2D eigenvalue weighted by Crippen LogP contribution is 1.61. The molecule has 3 nitrogen and oxygen atoms in total. The molecule has 0 fully saturated rings. The van der Waals surface area contributed by atoms with Crippen LogP contribution in [0, 0.1) is 5.21 Å². The van der Waals surface area contributed by atoms with Gasteiger partial charge in [-0.3, -0.25) is 0 Å². The van der Waals surface area contributed by atoms with E-state index in [1.54, 1.807) is 0 Å². The van der Waals surface area contributed by atoms with Crippen LogP contribution in [0.2, 0.25) is 0 Å². The molecule has 0 saturated heterocycles. The molecule has 2 N–H and O–H groups in total. The third-order valence-electron chi connectivity index (χ3n) is 0.208. The fourth-order valence-electron chi connectivity index (χ4n) is 0.0703. The number of rotatable bonds is 1. The van der Waals surface area contributed by atoms with E-state index < -0.39 is 0 Å². The van der Waals surface area contributed by atoms with Crippen molar-refractivity contribution in [2.24, 2.45) is 5.73 Å². The molecule has 0 bridgehead atoms. The first-order valence-corrected chi connectivity index (χ1v) is 1.66. The van der Waals surface area contributed by atoms with Gasteiger partial charge in [-0.25, -0.2) is 0 Å². The van der Waals surface area contributed by atoms with Gasteiger partial charge in [0.15, 0.2) is 0 Å². The zero-order chi connectivity index (χ0) is 4.99. The molecule has 0 unspecified atom stereocenters. The number of nitrogens with two attached hydrogens (primary N) is 1. The second-order valence-corrected chi connectivity index (χ2v) is 0.987. The van der Waals surface area contributed by atoms with Crippen LogP contribution in [-0.4, -0.2) is 4.11 Å². The van der Waals surface area contributed by atoms with Gasteiger partial charge in [-0.2, -0.15) is 0 Å². The Balaban J connectivity index is 3.30. The first-order valence-electron chi connectivity index (χ1n) is 1.29. The molecule has 0 aromatic rings. The summed E-state index contributed by atoms with van der Waals surface area (Å²) in [7, 11) is 0. The summed E-state index contributed by atoms with van der Waals surface area (Å²) < 4.78 is 0.208. The molecule has 0 aliphatic rings. The van der Waals surface area contributed by atoms with E-state index in [-0.39, 0.29) is 4.11 Å². The van der Waals surface area contributed by atoms with Crippen molar-refractivity contribution in [3.63, 3.8) is 0 Å². The minimum Gasteiger partial charge on any atom is -0.605 e. The summed E-state index contributed by atoms with van der Waals surface area (Å²) >= 11 is 3.99. The number of nitrogens with zero attached hydrogens (tertiary/aromatic N) is 1. The first-order chi connectivity index (χ1) is 2.77.